The first kappa shape index (κ1) is 16.8. The van der Waals surface area contributed by atoms with Crippen LogP contribution in [-0.2, 0) is 4.65 Å². The molecule has 2 aromatic rings. The third-order valence-corrected chi connectivity index (χ3v) is 4.21. The van der Waals surface area contributed by atoms with E-state index in [1.807, 2.05) is 24.3 Å². The van der Waals surface area contributed by atoms with E-state index in [-0.39, 0.29) is 11.7 Å². The van der Waals surface area contributed by atoms with Gasteiger partial charge in [-0.1, -0.05) is 24.3 Å². The minimum atomic E-state index is -0.721. The van der Waals surface area contributed by atoms with Gasteiger partial charge in [0.15, 0.2) is 17.3 Å². The van der Waals surface area contributed by atoms with Gasteiger partial charge in [0, 0.05) is 18.1 Å². The number of halogens is 1. The summed E-state index contributed by atoms with van der Waals surface area (Å²) in [7, 11) is 0.768. The predicted molar refractivity (Wildman–Crippen MR) is 91.0 cm³/mol. The van der Waals surface area contributed by atoms with Crippen LogP contribution in [-0.4, -0.2) is 32.5 Å². The Bertz CT molecular complexity index is 722. The van der Waals surface area contributed by atoms with Crippen LogP contribution in [0.5, 0.6) is 11.5 Å². The summed E-state index contributed by atoms with van der Waals surface area (Å²) in [6, 6.07) is 11.1. The van der Waals surface area contributed by atoms with Gasteiger partial charge in [-0.2, -0.15) is 0 Å². The first-order valence-corrected chi connectivity index (χ1v) is 8.03. The molecular formula is C18H20BFO4. The van der Waals surface area contributed by atoms with Crippen molar-refractivity contribution in [1.82, 2.24) is 0 Å². The Hall–Kier alpha value is -2.05. The molecule has 1 fully saturated rings. The monoisotopic (exact) mass is 330 g/mol. The second-order valence-corrected chi connectivity index (χ2v) is 5.74. The van der Waals surface area contributed by atoms with Crippen molar-refractivity contribution in [2.24, 2.45) is 0 Å². The molecule has 4 nitrogen and oxygen atoms in total. The molecule has 1 heterocycles. The Kier molecular flexibility index (Phi) is 5.07. The van der Waals surface area contributed by atoms with Gasteiger partial charge in [0.2, 0.25) is 0 Å². The molecule has 3 rings (SSSR count). The fourth-order valence-electron chi connectivity index (χ4n) is 3.00. The van der Waals surface area contributed by atoms with Crippen molar-refractivity contribution in [3.8, 4) is 22.6 Å². The van der Waals surface area contributed by atoms with Crippen LogP contribution in [0.3, 0.4) is 0 Å². The standard InChI is InChI=1S/C18H20BFO4/c1-3-23-18-16(22-2)8-7-15(17(18)20)13-6-4-5-12(9-13)14-10-19(21)24-11-14/h4-9,14,21H,3,10-11H2,1-2H3. The van der Waals surface area contributed by atoms with Gasteiger partial charge in [-0.05, 0) is 36.5 Å². The van der Waals surface area contributed by atoms with Crippen molar-refractivity contribution in [1.29, 1.82) is 0 Å². The summed E-state index contributed by atoms with van der Waals surface area (Å²) in [5.41, 5.74) is 2.24. The lowest BCUT2D eigenvalue weighted by Crippen LogP contribution is -2.07. The minimum Gasteiger partial charge on any atom is -0.493 e. The van der Waals surface area contributed by atoms with E-state index in [1.165, 1.54) is 7.11 Å². The quantitative estimate of drug-likeness (QED) is 0.853. The zero-order valence-corrected chi connectivity index (χ0v) is 13.8. The lowest BCUT2D eigenvalue weighted by molar-refractivity contribution is 0.292. The van der Waals surface area contributed by atoms with Crippen molar-refractivity contribution in [3.63, 3.8) is 0 Å². The molecular weight excluding hydrogens is 310 g/mol. The number of hydrogen-bond donors (Lipinski definition) is 1. The third-order valence-electron chi connectivity index (χ3n) is 4.21. The first-order chi connectivity index (χ1) is 11.6. The molecule has 0 bridgehead atoms. The molecule has 0 spiro atoms. The molecule has 6 heteroatoms. The van der Waals surface area contributed by atoms with Crippen LogP contribution < -0.4 is 9.47 Å². The average molecular weight is 330 g/mol. The molecule has 0 amide bonds. The fourth-order valence-corrected chi connectivity index (χ4v) is 3.00. The zero-order valence-electron chi connectivity index (χ0n) is 13.8. The highest BCUT2D eigenvalue weighted by atomic mass is 19.1. The van der Waals surface area contributed by atoms with Crippen LogP contribution in [0, 0.1) is 5.82 Å². The van der Waals surface area contributed by atoms with Crippen LogP contribution in [0.2, 0.25) is 6.32 Å². The SMILES string of the molecule is CCOc1c(OC)ccc(-c2cccc(C3COB(O)C3)c2)c1F. The van der Waals surface area contributed by atoms with Crippen molar-refractivity contribution >= 4 is 7.12 Å². The number of benzene rings is 2. The van der Waals surface area contributed by atoms with Crippen molar-refractivity contribution < 1.29 is 23.5 Å². The summed E-state index contributed by atoms with van der Waals surface area (Å²) in [6.07, 6.45) is 0.554. The van der Waals surface area contributed by atoms with E-state index in [0.29, 0.717) is 30.8 Å². The van der Waals surface area contributed by atoms with Crippen LogP contribution >= 0.6 is 0 Å². The molecule has 1 unspecified atom stereocenters. The molecule has 1 atom stereocenters. The fraction of sp³-hybridized carbons (Fsp3) is 0.333. The summed E-state index contributed by atoms with van der Waals surface area (Å²) in [5.74, 6) is 0.188. The zero-order chi connectivity index (χ0) is 17.1. The van der Waals surface area contributed by atoms with Crippen LogP contribution in [0.25, 0.3) is 11.1 Å². The summed E-state index contributed by atoms with van der Waals surface area (Å²) >= 11 is 0. The molecule has 24 heavy (non-hydrogen) atoms. The van der Waals surface area contributed by atoms with Gasteiger partial charge in [-0.15, -0.1) is 0 Å². The lowest BCUT2D eigenvalue weighted by atomic mass is 9.79. The van der Waals surface area contributed by atoms with E-state index in [2.05, 4.69) is 0 Å². The Labute approximate surface area is 141 Å². The molecule has 2 aromatic carbocycles. The molecule has 126 valence electrons. The molecule has 0 saturated carbocycles. The Morgan fingerprint density at radius 2 is 2.17 bits per heavy atom. The molecule has 1 aliphatic heterocycles. The Morgan fingerprint density at radius 3 is 2.83 bits per heavy atom. The van der Waals surface area contributed by atoms with E-state index in [9.17, 15) is 9.41 Å². The summed E-state index contributed by atoms with van der Waals surface area (Å²) in [4.78, 5) is 0. The van der Waals surface area contributed by atoms with E-state index in [0.717, 1.165) is 11.1 Å². The summed E-state index contributed by atoms with van der Waals surface area (Å²) in [6.45, 7) is 2.63. The van der Waals surface area contributed by atoms with Crippen molar-refractivity contribution in [2.75, 3.05) is 20.3 Å². The lowest BCUT2D eigenvalue weighted by Gasteiger charge is -2.15. The van der Waals surface area contributed by atoms with E-state index in [4.69, 9.17) is 14.1 Å². The molecule has 1 N–H and O–H groups in total. The number of rotatable bonds is 5. The van der Waals surface area contributed by atoms with Gasteiger partial charge >= 0.3 is 7.12 Å². The minimum absolute atomic E-state index is 0.118. The van der Waals surface area contributed by atoms with Crippen LogP contribution in [0.4, 0.5) is 4.39 Å². The van der Waals surface area contributed by atoms with Crippen molar-refractivity contribution in [2.45, 2.75) is 19.2 Å². The van der Waals surface area contributed by atoms with Gasteiger partial charge in [0.05, 0.1) is 13.7 Å². The number of methoxy groups -OCH3 is 1. The largest absolute Gasteiger partial charge is 0.493 e. The third kappa shape index (κ3) is 3.25. The summed E-state index contributed by atoms with van der Waals surface area (Å²) < 4.78 is 30.7. The molecule has 1 saturated heterocycles. The van der Waals surface area contributed by atoms with Crippen molar-refractivity contribution in [3.05, 3.63) is 47.8 Å². The number of ether oxygens (including phenoxy) is 2. The maximum atomic E-state index is 14.9. The highest BCUT2D eigenvalue weighted by molar-refractivity contribution is 6.43. The maximum absolute atomic E-state index is 14.9. The van der Waals surface area contributed by atoms with E-state index >= 15 is 0 Å². The summed E-state index contributed by atoms with van der Waals surface area (Å²) in [5, 5.41) is 9.53. The van der Waals surface area contributed by atoms with Gasteiger partial charge < -0.3 is 19.2 Å². The Morgan fingerprint density at radius 1 is 1.33 bits per heavy atom. The molecule has 1 aliphatic rings. The molecule has 0 aliphatic carbocycles. The van der Waals surface area contributed by atoms with E-state index in [1.54, 1.807) is 19.1 Å². The second kappa shape index (κ2) is 7.24. The smallest absolute Gasteiger partial charge is 0.454 e. The van der Waals surface area contributed by atoms with Gasteiger partial charge in [0.1, 0.15) is 0 Å². The van der Waals surface area contributed by atoms with Crippen LogP contribution in [0.15, 0.2) is 36.4 Å². The average Bonchev–Trinajstić information content (AvgIpc) is 3.03. The Balaban J connectivity index is 1.98. The highest BCUT2D eigenvalue weighted by Gasteiger charge is 2.30. The predicted octanol–water partition coefficient (Wildman–Crippen LogP) is 3.49. The highest BCUT2D eigenvalue weighted by Crippen LogP contribution is 2.38. The maximum Gasteiger partial charge on any atom is 0.454 e. The first-order valence-electron chi connectivity index (χ1n) is 8.03. The van der Waals surface area contributed by atoms with Gasteiger partial charge in [-0.25, -0.2) is 4.39 Å². The molecule has 0 radical (unpaired) electrons. The number of hydrogen-bond acceptors (Lipinski definition) is 4. The second-order valence-electron chi connectivity index (χ2n) is 5.74. The molecule has 0 aromatic heterocycles. The van der Waals surface area contributed by atoms with E-state index < -0.39 is 12.9 Å². The normalized spacial score (nSPS) is 17.2. The van der Waals surface area contributed by atoms with Crippen LogP contribution in [0.1, 0.15) is 18.4 Å². The van der Waals surface area contributed by atoms with Gasteiger partial charge in [0.25, 0.3) is 0 Å². The topological polar surface area (TPSA) is 47.9 Å². The van der Waals surface area contributed by atoms with Gasteiger partial charge in [-0.3, -0.25) is 0 Å².